The standard InChI is InChI=1S/C57H43N3/c1-3-54(42-19-9-5-10-20-42)59-57(43-21-11-6-12-22-43)58-39(2)40-29-32-49(33-30-40)60-55-26-16-15-25-51(55)53-38-45(31-34-56(53)60)44-27-28-47-36-48(41-17-7-4-8-18-41)35-46-23-13-14-24-50(46)52(47)37-44/h3-34,36-38,54H,1,35H2,2H3/b58-39+,59-57-. The van der Waals surface area contributed by atoms with E-state index in [1.807, 2.05) is 42.5 Å². The summed E-state index contributed by atoms with van der Waals surface area (Å²) in [4.78, 5) is 10.2. The Morgan fingerprint density at radius 1 is 0.567 bits per heavy atom. The first-order valence-corrected chi connectivity index (χ1v) is 20.6. The van der Waals surface area contributed by atoms with E-state index in [-0.39, 0.29) is 6.04 Å². The van der Waals surface area contributed by atoms with E-state index in [1.54, 1.807) is 0 Å². The number of para-hydroxylation sites is 1. The fraction of sp³-hybridized carbons (Fsp3) is 0.0526. The summed E-state index contributed by atoms with van der Waals surface area (Å²) in [5, 5.41) is 2.45. The van der Waals surface area contributed by atoms with Gasteiger partial charge in [0.15, 0.2) is 5.84 Å². The first kappa shape index (κ1) is 36.7. The SMILES string of the molecule is C=CC(/N=C(\N=C(/C)c1ccc(-n2c3ccccc3c3cc(-c4ccc5c(c4)-c4ccccc4CC(c4ccccc4)=C5)ccc32)cc1)c1ccccc1)c1ccccc1. The number of allylic oxidation sites excluding steroid dienone is 1. The lowest BCUT2D eigenvalue weighted by Crippen LogP contribution is -2.06. The van der Waals surface area contributed by atoms with Crippen LogP contribution in [0.4, 0.5) is 0 Å². The lowest BCUT2D eigenvalue weighted by molar-refractivity contribution is 0.912. The molecule has 8 aromatic carbocycles. The molecule has 1 unspecified atom stereocenters. The third-order valence-corrected chi connectivity index (χ3v) is 11.7. The number of fused-ring (bicyclic) bond motifs is 6. The monoisotopic (exact) mass is 769 g/mol. The Morgan fingerprint density at radius 2 is 1.22 bits per heavy atom. The second-order valence-corrected chi connectivity index (χ2v) is 15.4. The lowest BCUT2D eigenvalue weighted by atomic mass is 9.92. The van der Waals surface area contributed by atoms with Crippen molar-refractivity contribution >= 4 is 45.0 Å². The van der Waals surface area contributed by atoms with Crippen LogP contribution in [-0.2, 0) is 6.42 Å². The second kappa shape index (κ2) is 16.0. The van der Waals surface area contributed by atoms with Crippen LogP contribution in [0.5, 0.6) is 0 Å². The topological polar surface area (TPSA) is 29.6 Å². The minimum atomic E-state index is -0.213. The maximum atomic E-state index is 5.13. The summed E-state index contributed by atoms with van der Waals surface area (Å²) in [5.74, 6) is 0.677. The number of amidine groups is 1. The van der Waals surface area contributed by atoms with Gasteiger partial charge in [-0.3, -0.25) is 4.99 Å². The molecule has 60 heavy (non-hydrogen) atoms. The number of hydrogen-bond donors (Lipinski definition) is 0. The molecule has 0 spiro atoms. The maximum absolute atomic E-state index is 5.13. The number of nitrogens with zero attached hydrogens (tertiary/aromatic N) is 3. The highest BCUT2D eigenvalue weighted by Gasteiger charge is 2.19. The zero-order chi connectivity index (χ0) is 40.4. The molecule has 0 saturated carbocycles. The molecule has 0 radical (unpaired) electrons. The Bertz CT molecular complexity index is 3110. The van der Waals surface area contributed by atoms with Gasteiger partial charge in [-0.05, 0) is 105 Å². The first-order valence-electron chi connectivity index (χ1n) is 20.6. The molecule has 0 amide bonds. The van der Waals surface area contributed by atoms with Crippen molar-refractivity contribution < 1.29 is 0 Å². The highest BCUT2D eigenvalue weighted by Crippen LogP contribution is 2.40. The van der Waals surface area contributed by atoms with Gasteiger partial charge in [-0.25, -0.2) is 4.99 Å². The molecule has 1 heterocycles. The molecule has 1 atom stereocenters. The fourth-order valence-electron chi connectivity index (χ4n) is 8.62. The van der Waals surface area contributed by atoms with Crippen molar-refractivity contribution in [3.05, 3.63) is 246 Å². The van der Waals surface area contributed by atoms with E-state index in [2.05, 4.69) is 188 Å². The predicted molar refractivity (Wildman–Crippen MR) is 254 cm³/mol. The molecule has 0 bridgehead atoms. The summed E-state index contributed by atoms with van der Waals surface area (Å²) < 4.78 is 2.37. The van der Waals surface area contributed by atoms with Crippen molar-refractivity contribution in [1.82, 2.24) is 4.57 Å². The molecule has 9 aromatic rings. The van der Waals surface area contributed by atoms with Gasteiger partial charge >= 0.3 is 0 Å². The quantitative estimate of drug-likeness (QED) is 0.0837. The van der Waals surface area contributed by atoms with Gasteiger partial charge in [0.05, 0.1) is 17.1 Å². The molecule has 0 aliphatic heterocycles. The Kier molecular flexibility index (Phi) is 9.77. The van der Waals surface area contributed by atoms with E-state index in [0.717, 1.165) is 34.5 Å². The molecule has 1 aromatic heterocycles. The molecule has 10 rings (SSSR count). The third kappa shape index (κ3) is 7.01. The molecule has 1 aliphatic carbocycles. The van der Waals surface area contributed by atoms with Crippen molar-refractivity contribution in [2.45, 2.75) is 19.4 Å². The molecule has 0 fully saturated rings. The lowest BCUT2D eigenvalue weighted by Gasteiger charge is -2.13. The zero-order valence-corrected chi connectivity index (χ0v) is 33.5. The van der Waals surface area contributed by atoms with E-state index in [4.69, 9.17) is 9.98 Å². The third-order valence-electron chi connectivity index (χ3n) is 11.7. The summed E-state index contributed by atoms with van der Waals surface area (Å²) in [7, 11) is 0. The molecule has 286 valence electrons. The van der Waals surface area contributed by atoms with Crippen molar-refractivity contribution in [2.75, 3.05) is 0 Å². The predicted octanol–water partition coefficient (Wildman–Crippen LogP) is 14.4. The smallest absolute Gasteiger partial charge is 0.155 e. The number of rotatable bonds is 8. The number of aliphatic imine (C=N–C) groups is 2. The van der Waals surface area contributed by atoms with Gasteiger partial charge in [0.1, 0.15) is 0 Å². The van der Waals surface area contributed by atoms with E-state index < -0.39 is 0 Å². The van der Waals surface area contributed by atoms with E-state index in [1.165, 1.54) is 66.3 Å². The maximum Gasteiger partial charge on any atom is 0.155 e. The van der Waals surface area contributed by atoms with Gasteiger partial charge in [-0.15, -0.1) is 6.58 Å². The van der Waals surface area contributed by atoms with Crippen LogP contribution < -0.4 is 0 Å². The van der Waals surface area contributed by atoms with E-state index in [9.17, 15) is 0 Å². The summed E-state index contributed by atoms with van der Waals surface area (Å²) in [5.41, 5.74) is 17.6. The summed E-state index contributed by atoms with van der Waals surface area (Å²) in [6, 6.07) is 71.2. The molecule has 3 nitrogen and oxygen atoms in total. The van der Waals surface area contributed by atoms with Crippen LogP contribution >= 0.6 is 0 Å². The van der Waals surface area contributed by atoms with Gasteiger partial charge in [-0.1, -0.05) is 176 Å². The Hall–Kier alpha value is -7.62. The molecule has 1 aliphatic rings. The van der Waals surface area contributed by atoms with Crippen LogP contribution in [-0.4, -0.2) is 16.1 Å². The van der Waals surface area contributed by atoms with Crippen LogP contribution in [0.3, 0.4) is 0 Å². The van der Waals surface area contributed by atoms with Gasteiger partial charge in [0.25, 0.3) is 0 Å². The Morgan fingerprint density at radius 3 is 2.00 bits per heavy atom. The van der Waals surface area contributed by atoms with Gasteiger partial charge in [0, 0.05) is 27.7 Å². The number of hydrogen-bond acceptors (Lipinski definition) is 1. The summed E-state index contributed by atoms with van der Waals surface area (Å²) >= 11 is 0. The van der Waals surface area contributed by atoms with Crippen LogP contribution in [0.25, 0.3) is 61.4 Å². The number of aromatic nitrogens is 1. The van der Waals surface area contributed by atoms with Gasteiger partial charge in [-0.2, -0.15) is 0 Å². The van der Waals surface area contributed by atoms with Gasteiger partial charge in [0.2, 0.25) is 0 Å². The average molecular weight is 770 g/mol. The second-order valence-electron chi connectivity index (χ2n) is 15.4. The minimum Gasteiger partial charge on any atom is -0.309 e. The zero-order valence-electron chi connectivity index (χ0n) is 33.5. The largest absolute Gasteiger partial charge is 0.309 e. The van der Waals surface area contributed by atoms with Crippen molar-refractivity contribution in [1.29, 1.82) is 0 Å². The van der Waals surface area contributed by atoms with Crippen LogP contribution in [0.15, 0.2) is 223 Å². The molecule has 0 saturated heterocycles. The molecule has 0 N–H and O–H groups in total. The Balaban J connectivity index is 1.01. The summed E-state index contributed by atoms with van der Waals surface area (Å²) in [6.45, 7) is 6.15. The van der Waals surface area contributed by atoms with E-state index >= 15 is 0 Å². The Labute approximate surface area is 351 Å². The van der Waals surface area contributed by atoms with Crippen molar-refractivity contribution in [3.63, 3.8) is 0 Å². The van der Waals surface area contributed by atoms with Crippen LogP contribution in [0, 0.1) is 0 Å². The first-order chi connectivity index (χ1) is 29.6. The normalized spacial score (nSPS) is 13.3. The molecular formula is C57H43N3. The highest BCUT2D eigenvalue weighted by molar-refractivity contribution is 6.12. The highest BCUT2D eigenvalue weighted by atomic mass is 15.0. The van der Waals surface area contributed by atoms with Crippen molar-refractivity contribution in [3.8, 4) is 27.9 Å². The summed E-state index contributed by atoms with van der Waals surface area (Å²) in [6.07, 6.45) is 5.15. The van der Waals surface area contributed by atoms with Crippen LogP contribution in [0.1, 0.15) is 46.3 Å². The van der Waals surface area contributed by atoms with Crippen molar-refractivity contribution in [2.24, 2.45) is 9.98 Å². The molecular weight excluding hydrogens is 727 g/mol. The van der Waals surface area contributed by atoms with Crippen LogP contribution in [0.2, 0.25) is 0 Å². The fourth-order valence-corrected chi connectivity index (χ4v) is 8.62. The average Bonchev–Trinajstić information content (AvgIpc) is 3.54. The minimum absolute atomic E-state index is 0.213. The number of benzene rings is 8. The van der Waals surface area contributed by atoms with E-state index in [0.29, 0.717) is 5.84 Å². The molecule has 3 heteroatoms. The van der Waals surface area contributed by atoms with Gasteiger partial charge < -0.3 is 4.57 Å².